The van der Waals surface area contributed by atoms with Crippen molar-refractivity contribution in [1.29, 1.82) is 0 Å². The summed E-state index contributed by atoms with van der Waals surface area (Å²) in [5, 5.41) is 2.92. The van der Waals surface area contributed by atoms with Crippen LogP contribution in [0.5, 0.6) is 11.5 Å². The van der Waals surface area contributed by atoms with E-state index in [4.69, 9.17) is 26.8 Å². The van der Waals surface area contributed by atoms with Crippen LogP contribution in [0.1, 0.15) is 20.7 Å². The second kappa shape index (κ2) is 7.02. The first-order valence-corrected chi connectivity index (χ1v) is 6.96. The summed E-state index contributed by atoms with van der Waals surface area (Å²) in [6, 6.07) is 9.30. The number of benzene rings is 2. The molecule has 0 spiro atoms. The summed E-state index contributed by atoms with van der Waals surface area (Å²) in [6.45, 7) is 0. The number of amides is 2. The highest BCUT2D eigenvalue weighted by atomic mass is 35.5. The van der Waals surface area contributed by atoms with E-state index in [1.807, 2.05) is 0 Å². The summed E-state index contributed by atoms with van der Waals surface area (Å²) >= 11 is 6.08. The Morgan fingerprint density at radius 1 is 1.09 bits per heavy atom. The van der Waals surface area contributed by atoms with Gasteiger partial charge in [0.15, 0.2) is 11.5 Å². The van der Waals surface area contributed by atoms with Gasteiger partial charge < -0.3 is 20.5 Å². The number of rotatable bonds is 5. The van der Waals surface area contributed by atoms with Gasteiger partial charge in [0.1, 0.15) is 0 Å². The molecule has 0 aliphatic heterocycles. The molecule has 2 rings (SSSR count). The number of anilines is 1. The maximum atomic E-state index is 12.3. The molecule has 0 saturated heterocycles. The van der Waals surface area contributed by atoms with Crippen LogP contribution in [-0.4, -0.2) is 26.0 Å². The molecule has 0 aromatic heterocycles. The quantitative estimate of drug-likeness (QED) is 0.879. The first-order chi connectivity index (χ1) is 11.0. The van der Waals surface area contributed by atoms with Gasteiger partial charge in [-0.3, -0.25) is 9.59 Å². The van der Waals surface area contributed by atoms with E-state index in [0.717, 1.165) is 0 Å². The fraction of sp³-hybridized carbons (Fsp3) is 0.125. The van der Waals surface area contributed by atoms with Crippen molar-refractivity contribution in [3.8, 4) is 11.5 Å². The van der Waals surface area contributed by atoms with Crippen molar-refractivity contribution >= 4 is 29.1 Å². The molecular weight excluding hydrogens is 320 g/mol. The molecule has 0 unspecified atom stereocenters. The zero-order chi connectivity index (χ0) is 17.0. The van der Waals surface area contributed by atoms with Crippen LogP contribution in [0.3, 0.4) is 0 Å². The Morgan fingerprint density at radius 3 is 2.43 bits per heavy atom. The van der Waals surface area contributed by atoms with E-state index >= 15 is 0 Å². The summed E-state index contributed by atoms with van der Waals surface area (Å²) in [4.78, 5) is 23.5. The van der Waals surface area contributed by atoms with E-state index in [9.17, 15) is 9.59 Å². The van der Waals surface area contributed by atoms with Crippen LogP contribution < -0.4 is 20.5 Å². The van der Waals surface area contributed by atoms with Crippen molar-refractivity contribution in [1.82, 2.24) is 0 Å². The van der Waals surface area contributed by atoms with E-state index in [2.05, 4.69) is 5.32 Å². The molecule has 3 N–H and O–H groups in total. The van der Waals surface area contributed by atoms with Gasteiger partial charge in [-0.05, 0) is 30.3 Å². The van der Waals surface area contributed by atoms with Crippen molar-refractivity contribution < 1.29 is 19.1 Å². The molecule has 0 bridgehead atoms. The second-order valence-corrected chi connectivity index (χ2v) is 5.00. The van der Waals surface area contributed by atoms with E-state index < -0.39 is 11.8 Å². The molecule has 2 aromatic carbocycles. The number of carbonyl (C=O) groups is 2. The highest BCUT2D eigenvalue weighted by Gasteiger charge is 2.15. The number of ether oxygens (including phenoxy) is 2. The predicted octanol–water partition coefficient (Wildman–Crippen LogP) is 2.71. The minimum Gasteiger partial charge on any atom is -0.493 e. The Hall–Kier alpha value is -2.73. The lowest BCUT2D eigenvalue weighted by molar-refractivity contribution is 0.0996. The molecule has 0 atom stereocenters. The van der Waals surface area contributed by atoms with Crippen LogP contribution in [0.2, 0.25) is 5.02 Å². The molecule has 2 amide bonds. The van der Waals surface area contributed by atoms with Crippen molar-refractivity contribution in [2.75, 3.05) is 19.5 Å². The molecule has 6 nitrogen and oxygen atoms in total. The van der Waals surface area contributed by atoms with Crippen LogP contribution >= 0.6 is 11.6 Å². The normalized spacial score (nSPS) is 10.0. The first kappa shape index (κ1) is 16.6. The molecule has 0 radical (unpaired) electrons. The molecule has 0 heterocycles. The number of nitrogens with two attached hydrogens (primary N) is 1. The number of nitrogens with one attached hydrogen (secondary N) is 1. The lowest BCUT2D eigenvalue weighted by Gasteiger charge is -2.12. The van der Waals surface area contributed by atoms with Gasteiger partial charge in [0.2, 0.25) is 5.91 Å². The highest BCUT2D eigenvalue weighted by Crippen LogP contribution is 2.36. The molecule has 2 aromatic rings. The molecule has 23 heavy (non-hydrogen) atoms. The summed E-state index contributed by atoms with van der Waals surface area (Å²) in [5.41, 5.74) is 6.24. The molecule has 7 heteroatoms. The van der Waals surface area contributed by atoms with Gasteiger partial charge in [-0.25, -0.2) is 0 Å². The number of carbonyl (C=O) groups excluding carboxylic acids is 2. The third-order valence-corrected chi connectivity index (χ3v) is 3.38. The van der Waals surface area contributed by atoms with Crippen LogP contribution in [-0.2, 0) is 0 Å². The summed E-state index contributed by atoms with van der Waals surface area (Å²) in [7, 11) is 2.91. The van der Waals surface area contributed by atoms with Gasteiger partial charge in [-0.2, -0.15) is 0 Å². The molecule has 120 valence electrons. The zero-order valence-corrected chi connectivity index (χ0v) is 13.3. The minimum absolute atomic E-state index is 0.253. The van der Waals surface area contributed by atoms with Gasteiger partial charge >= 0.3 is 0 Å². The predicted molar refractivity (Wildman–Crippen MR) is 87.5 cm³/mol. The number of hydrogen-bond acceptors (Lipinski definition) is 4. The molecular formula is C16H15ClN2O4. The first-order valence-electron chi connectivity index (χ1n) is 6.59. The summed E-state index contributed by atoms with van der Waals surface area (Å²) in [5.74, 6) is -0.290. The number of primary amides is 1. The lowest BCUT2D eigenvalue weighted by atomic mass is 10.1. The third kappa shape index (κ3) is 3.73. The van der Waals surface area contributed by atoms with Crippen molar-refractivity contribution in [2.45, 2.75) is 0 Å². The lowest BCUT2D eigenvalue weighted by Crippen LogP contribution is -2.14. The summed E-state index contributed by atoms with van der Waals surface area (Å²) in [6.07, 6.45) is 0. The van der Waals surface area contributed by atoms with Gasteiger partial charge in [0, 0.05) is 16.8 Å². The van der Waals surface area contributed by atoms with Crippen molar-refractivity contribution in [3.63, 3.8) is 0 Å². The Labute approximate surface area is 138 Å². The van der Waals surface area contributed by atoms with Crippen LogP contribution in [0.4, 0.5) is 5.69 Å². The average Bonchev–Trinajstić information content (AvgIpc) is 2.54. The van der Waals surface area contributed by atoms with Gasteiger partial charge in [0.05, 0.1) is 19.2 Å². The number of hydrogen-bond donors (Lipinski definition) is 2. The topological polar surface area (TPSA) is 90.6 Å². The molecule has 0 fully saturated rings. The SMILES string of the molecule is COc1cc(C(=O)Nc2cccc(C(N)=O)c2)cc(Cl)c1OC. The van der Waals surface area contributed by atoms with E-state index in [1.54, 1.807) is 18.2 Å². The fourth-order valence-electron chi connectivity index (χ4n) is 2.00. The van der Waals surface area contributed by atoms with Gasteiger partial charge in [-0.1, -0.05) is 17.7 Å². The molecule has 0 aliphatic carbocycles. The van der Waals surface area contributed by atoms with Crippen molar-refractivity contribution in [3.05, 3.63) is 52.5 Å². The molecule has 0 saturated carbocycles. The second-order valence-electron chi connectivity index (χ2n) is 4.59. The number of halogens is 1. The summed E-state index contributed by atoms with van der Waals surface area (Å²) < 4.78 is 10.3. The molecule has 0 aliphatic rings. The van der Waals surface area contributed by atoms with Crippen LogP contribution in [0.25, 0.3) is 0 Å². The monoisotopic (exact) mass is 334 g/mol. The smallest absolute Gasteiger partial charge is 0.255 e. The van der Waals surface area contributed by atoms with Gasteiger partial charge in [0.25, 0.3) is 5.91 Å². The Bertz CT molecular complexity index is 762. The standard InChI is InChI=1S/C16H15ClN2O4/c1-22-13-8-10(7-12(17)14(13)23-2)16(21)19-11-5-3-4-9(6-11)15(18)20/h3-8H,1-2H3,(H2,18,20)(H,19,21). The fourth-order valence-corrected chi connectivity index (χ4v) is 2.29. The van der Waals surface area contributed by atoms with Crippen LogP contribution in [0, 0.1) is 0 Å². The highest BCUT2D eigenvalue weighted by molar-refractivity contribution is 6.32. The average molecular weight is 335 g/mol. The Kier molecular flexibility index (Phi) is 5.08. The van der Waals surface area contributed by atoms with E-state index in [0.29, 0.717) is 22.7 Å². The van der Waals surface area contributed by atoms with Gasteiger partial charge in [-0.15, -0.1) is 0 Å². The van der Waals surface area contributed by atoms with E-state index in [1.165, 1.54) is 32.4 Å². The van der Waals surface area contributed by atoms with E-state index in [-0.39, 0.29) is 10.6 Å². The Balaban J connectivity index is 2.29. The Morgan fingerprint density at radius 2 is 1.83 bits per heavy atom. The third-order valence-electron chi connectivity index (χ3n) is 3.10. The maximum absolute atomic E-state index is 12.3. The maximum Gasteiger partial charge on any atom is 0.255 e. The minimum atomic E-state index is -0.574. The van der Waals surface area contributed by atoms with Crippen molar-refractivity contribution in [2.24, 2.45) is 5.73 Å². The largest absolute Gasteiger partial charge is 0.493 e. The van der Waals surface area contributed by atoms with Crippen LogP contribution in [0.15, 0.2) is 36.4 Å². The zero-order valence-electron chi connectivity index (χ0n) is 12.6. The number of methoxy groups -OCH3 is 2.